The summed E-state index contributed by atoms with van der Waals surface area (Å²) in [6.07, 6.45) is 1.66. The number of halogens is 1. The summed E-state index contributed by atoms with van der Waals surface area (Å²) in [5, 5.41) is 0.863. The number of nitrogens with zero attached hydrogens (tertiary/aromatic N) is 1. The van der Waals surface area contributed by atoms with E-state index in [-0.39, 0.29) is 5.97 Å². The maximum Gasteiger partial charge on any atom is 0.352 e. The van der Waals surface area contributed by atoms with Crippen LogP contribution in [0.2, 0.25) is 0 Å². The second-order valence-electron chi connectivity index (χ2n) is 3.16. The molecule has 0 unspecified atom stereocenters. The molecule has 0 atom stereocenters. The lowest BCUT2D eigenvalue weighted by molar-refractivity contribution is 0.0529. The maximum atomic E-state index is 11.8. The SMILES string of the molecule is CCOC(=O)c1sc2c(Br)nccc2c1OC. The molecule has 0 amide bonds. The fourth-order valence-corrected chi connectivity index (χ4v) is 3.12. The topological polar surface area (TPSA) is 48.4 Å². The molecule has 0 aliphatic heterocycles. The van der Waals surface area contributed by atoms with Crippen molar-refractivity contribution in [3.63, 3.8) is 0 Å². The van der Waals surface area contributed by atoms with Crippen LogP contribution in [0.15, 0.2) is 16.9 Å². The van der Waals surface area contributed by atoms with Crippen LogP contribution in [-0.2, 0) is 4.74 Å². The maximum absolute atomic E-state index is 11.8. The predicted octanol–water partition coefficient (Wildman–Crippen LogP) is 3.24. The van der Waals surface area contributed by atoms with Gasteiger partial charge in [-0.15, -0.1) is 11.3 Å². The summed E-state index contributed by atoms with van der Waals surface area (Å²) < 4.78 is 11.9. The molecule has 90 valence electrons. The fourth-order valence-electron chi connectivity index (χ4n) is 1.50. The minimum Gasteiger partial charge on any atom is -0.494 e. The summed E-state index contributed by atoms with van der Waals surface area (Å²) >= 11 is 4.67. The van der Waals surface area contributed by atoms with Gasteiger partial charge in [-0.1, -0.05) is 0 Å². The van der Waals surface area contributed by atoms with Crippen molar-refractivity contribution in [1.82, 2.24) is 4.98 Å². The number of aromatic nitrogens is 1. The highest BCUT2D eigenvalue weighted by Crippen LogP contribution is 2.40. The van der Waals surface area contributed by atoms with Crippen LogP contribution in [0.5, 0.6) is 5.75 Å². The molecule has 0 aliphatic rings. The first-order chi connectivity index (χ1) is 8.19. The van der Waals surface area contributed by atoms with E-state index >= 15 is 0 Å². The minimum atomic E-state index is -0.363. The molecular formula is C11H10BrNO3S. The van der Waals surface area contributed by atoms with E-state index in [0.717, 1.165) is 10.1 Å². The van der Waals surface area contributed by atoms with Gasteiger partial charge in [-0.25, -0.2) is 9.78 Å². The Balaban J connectivity index is 2.63. The minimum absolute atomic E-state index is 0.343. The number of hydrogen-bond acceptors (Lipinski definition) is 5. The number of thiophene rings is 1. The highest BCUT2D eigenvalue weighted by molar-refractivity contribution is 9.10. The van der Waals surface area contributed by atoms with Crippen LogP contribution in [0.4, 0.5) is 0 Å². The van der Waals surface area contributed by atoms with Crippen molar-refractivity contribution in [3.05, 3.63) is 21.7 Å². The van der Waals surface area contributed by atoms with E-state index in [1.54, 1.807) is 20.2 Å². The predicted molar refractivity (Wildman–Crippen MR) is 69.8 cm³/mol. The Labute approximate surface area is 111 Å². The van der Waals surface area contributed by atoms with Gasteiger partial charge in [-0.05, 0) is 28.9 Å². The molecule has 0 radical (unpaired) electrons. The molecule has 17 heavy (non-hydrogen) atoms. The first kappa shape index (κ1) is 12.3. The smallest absolute Gasteiger partial charge is 0.352 e. The molecule has 2 heterocycles. The lowest BCUT2D eigenvalue weighted by atomic mass is 10.3. The van der Waals surface area contributed by atoms with Gasteiger partial charge in [0.1, 0.15) is 4.60 Å². The van der Waals surface area contributed by atoms with Crippen molar-refractivity contribution in [2.45, 2.75) is 6.92 Å². The van der Waals surface area contributed by atoms with Crippen LogP contribution in [0.3, 0.4) is 0 Å². The van der Waals surface area contributed by atoms with Gasteiger partial charge in [-0.2, -0.15) is 0 Å². The third-order valence-corrected chi connectivity index (χ3v) is 4.22. The molecule has 6 heteroatoms. The van der Waals surface area contributed by atoms with Gasteiger partial charge in [-0.3, -0.25) is 0 Å². The number of carbonyl (C=O) groups excluding carboxylic acids is 1. The van der Waals surface area contributed by atoms with Crippen molar-refractivity contribution in [1.29, 1.82) is 0 Å². The summed E-state index contributed by atoms with van der Waals surface area (Å²) in [5.41, 5.74) is 0. The molecular weight excluding hydrogens is 306 g/mol. The highest BCUT2D eigenvalue weighted by Gasteiger charge is 2.21. The van der Waals surface area contributed by atoms with Crippen LogP contribution in [0.25, 0.3) is 10.1 Å². The van der Waals surface area contributed by atoms with Crippen LogP contribution < -0.4 is 4.74 Å². The van der Waals surface area contributed by atoms with Crippen molar-refractivity contribution in [2.24, 2.45) is 0 Å². The molecule has 0 bridgehead atoms. The summed E-state index contributed by atoms with van der Waals surface area (Å²) in [5.74, 6) is 0.184. The van der Waals surface area contributed by atoms with Gasteiger partial charge in [0, 0.05) is 11.6 Å². The Morgan fingerprint density at radius 3 is 3.00 bits per heavy atom. The summed E-state index contributed by atoms with van der Waals surface area (Å²) in [7, 11) is 1.54. The molecule has 0 N–H and O–H groups in total. The van der Waals surface area contributed by atoms with Gasteiger partial charge in [0.15, 0.2) is 10.6 Å². The molecule has 0 spiro atoms. The largest absolute Gasteiger partial charge is 0.494 e. The van der Waals surface area contributed by atoms with Crippen molar-refractivity contribution in [3.8, 4) is 5.75 Å². The van der Waals surface area contributed by atoms with E-state index in [9.17, 15) is 4.79 Å². The second-order valence-corrected chi connectivity index (χ2v) is 4.94. The van der Waals surface area contributed by atoms with Gasteiger partial charge in [0.2, 0.25) is 0 Å². The molecule has 2 aromatic rings. The summed E-state index contributed by atoms with van der Waals surface area (Å²) in [6, 6.07) is 1.82. The molecule has 2 rings (SSSR count). The number of rotatable bonds is 3. The second kappa shape index (κ2) is 5.01. The van der Waals surface area contributed by atoms with Crippen LogP contribution >= 0.6 is 27.3 Å². The monoisotopic (exact) mass is 315 g/mol. The zero-order valence-electron chi connectivity index (χ0n) is 9.32. The molecule has 4 nitrogen and oxygen atoms in total. The number of pyridine rings is 1. The van der Waals surface area contributed by atoms with Gasteiger partial charge in [0.05, 0.1) is 18.4 Å². The summed E-state index contributed by atoms with van der Waals surface area (Å²) in [4.78, 5) is 16.4. The third-order valence-electron chi connectivity index (χ3n) is 2.18. The molecule has 2 aromatic heterocycles. The highest BCUT2D eigenvalue weighted by atomic mass is 79.9. The van der Waals surface area contributed by atoms with Crippen LogP contribution in [-0.4, -0.2) is 24.7 Å². The normalized spacial score (nSPS) is 10.5. The van der Waals surface area contributed by atoms with E-state index < -0.39 is 0 Å². The van der Waals surface area contributed by atoms with Gasteiger partial charge in [0.25, 0.3) is 0 Å². The van der Waals surface area contributed by atoms with Crippen LogP contribution in [0.1, 0.15) is 16.6 Å². The molecule has 0 saturated carbocycles. The third kappa shape index (κ3) is 2.14. The number of carbonyl (C=O) groups is 1. The van der Waals surface area contributed by atoms with Gasteiger partial charge >= 0.3 is 5.97 Å². The van der Waals surface area contributed by atoms with E-state index in [1.165, 1.54) is 11.3 Å². The fraction of sp³-hybridized carbons (Fsp3) is 0.273. The average Bonchev–Trinajstić information content (AvgIpc) is 2.69. The first-order valence-corrected chi connectivity index (χ1v) is 6.58. The van der Waals surface area contributed by atoms with Gasteiger partial charge < -0.3 is 9.47 Å². The van der Waals surface area contributed by atoms with Crippen molar-refractivity contribution < 1.29 is 14.3 Å². The number of esters is 1. The van der Waals surface area contributed by atoms with E-state index in [1.807, 2.05) is 6.07 Å². The van der Waals surface area contributed by atoms with Crippen molar-refractivity contribution in [2.75, 3.05) is 13.7 Å². The lowest BCUT2D eigenvalue weighted by Crippen LogP contribution is -2.03. The Bertz CT molecular complexity index is 567. The summed E-state index contributed by atoms with van der Waals surface area (Å²) in [6.45, 7) is 2.12. The number of hydrogen-bond donors (Lipinski definition) is 0. The Kier molecular flexibility index (Phi) is 3.63. The zero-order valence-corrected chi connectivity index (χ0v) is 11.7. The number of ether oxygens (including phenoxy) is 2. The quantitative estimate of drug-likeness (QED) is 0.644. The van der Waals surface area contributed by atoms with E-state index in [4.69, 9.17) is 9.47 Å². The first-order valence-electron chi connectivity index (χ1n) is 4.97. The Hall–Kier alpha value is -1.14. The molecule has 0 saturated heterocycles. The molecule has 0 aliphatic carbocycles. The number of methoxy groups -OCH3 is 1. The van der Waals surface area contributed by atoms with Crippen LogP contribution in [0, 0.1) is 0 Å². The molecule has 0 fully saturated rings. The van der Waals surface area contributed by atoms with E-state index in [0.29, 0.717) is 21.8 Å². The van der Waals surface area contributed by atoms with Crippen molar-refractivity contribution >= 4 is 43.3 Å². The standard InChI is InChI=1S/C11H10BrNO3S/c1-3-16-11(14)9-7(15-2)6-4-5-13-10(12)8(6)17-9/h4-5H,3H2,1-2H3. The Morgan fingerprint density at radius 1 is 1.59 bits per heavy atom. The van der Waals surface area contributed by atoms with E-state index in [2.05, 4.69) is 20.9 Å². The Morgan fingerprint density at radius 2 is 2.35 bits per heavy atom. The zero-order chi connectivity index (χ0) is 12.4. The average molecular weight is 316 g/mol. The number of fused-ring (bicyclic) bond motifs is 1. The lowest BCUT2D eigenvalue weighted by Gasteiger charge is -2.02. The molecule has 0 aromatic carbocycles.